The number of nitrogens with zero attached hydrogens (tertiary/aromatic N) is 2. The monoisotopic (exact) mass is 188 g/mol. The first-order valence-corrected chi connectivity index (χ1v) is 4.76. The SMILES string of the molecule is CCCn1c(=O)ccc2cnccc21. The Morgan fingerprint density at radius 1 is 1.36 bits per heavy atom. The largest absolute Gasteiger partial charge is 0.308 e. The Bertz CT molecular complexity index is 502. The molecule has 2 aromatic heterocycles. The van der Waals surface area contributed by atoms with Crippen LogP contribution in [0.5, 0.6) is 0 Å². The van der Waals surface area contributed by atoms with Crippen LogP contribution in [0.15, 0.2) is 35.4 Å². The summed E-state index contributed by atoms with van der Waals surface area (Å²) >= 11 is 0. The Balaban J connectivity index is 2.76. The molecule has 0 saturated heterocycles. The van der Waals surface area contributed by atoms with Crippen LogP contribution in [0, 0.1) is 0 Å². The molecule has 0 aliphatic rings. The minimum atomic E-state index is 0.0607. The Labute approximate surface area is 82.0 Å². The van der Waals surface area contributed by atoms with E-state index in [-0.39, 0.29) is 5.56 Å². The average molecular weight is 188 g/mol. The second kappa shape index (κ2) is 3.62. The van der Waals surface area contributed by atoms with Gasteiger partial charge in [0.05, 0.1) is 5.52 Å². The molecule has 0 amide bonds. The molecule has 14 heavy (non-hydrogen) atoms. The first kappa shape index (κ1) is 8.94. The van der Waals surface area contributed by atoms with E-state index in [4.69, 9.17) is 0 Å². The fraction of sp³-hybridized carbons (Fsp3) is 0.273. The molecule has 0 spiro atoms. The molecule has 0 N–H and O–H groups in total. The maximum Gasteiger partial charge on any atom is 0.251 e. The molecule has 0 aliphatic heterocycles. The van der Waals surface area contributed by atoms with Crippen LogP contribution in [-0.4, -0.2) is 9.55 Å². The smallest absolute Gasteiger partial charge is 0.251 e. The average Bonchev–Trinajstić information content (AvgIpc) is 2.23. The predicted molar refractivity (Wildman–Crippen MR) is 56.3 cm³/mol. The molecule has 0 bridgehead atoms. The van der Waals surface area contributed by atoms with Crippen molar-refractivity contribution in [3.8, 4) is 0 Å². The van der Waals surface area contributed by atoms with E-state index in [0.29, 0.717) is 0 Å². The van der Waals surface area contributed by atoms with Gasteiger partial charge >= 0.3 is 0 Å². The lowest BCUT2D eigenvalue weighted by Crippen LogP contribution is -2.18. The second-order valence-electron chi connectivity index (χ2n) is 3.26. The van der Waals surface area contributed by atoms with Gasteiger partial charge in [-0.3, -0.25) is 9.78 Å². The minimum Gasteiger partial charge on any atom is -0.308 e. The number of hydrogen-bond acceptors (Lipinski definition) is 2. The van der Waals surface area contributed by atoms with Crippen molar-refractivity contribution >= 4 is 10.9 Å². The van der Waals surface area contributed by atoms with Gasteiger partial charge in [0, 0.05) is 30.4 Å². The second-order valence-corrected chi connectivity index (χ2v) is 3.26. The van der Waals surface area contributed by atoms with Crippen LogP contribution >= 0.6 is 0 Å². The highest BCUT2D eigenvalue weighted by molar-refractivity contribution is 5.77. The third-order valence-corrected chi connectivity index (χ3v) is 2.24. The highest BCUT2D eigenvalue weighted by Gasteiger charge is 2.00. The van der Waals surface area contributed by atoms with Crippen molar-refractivity contribution in [2.75, 3.05) is 0 Å². The van der Waals surface area contributed by atoms with Gasteiger partial charge in [-0.05, 0) is 18.6 Å². The van der Waals surface area contributed by atoms with Gasteiger partial charge in [0.1, 0.15) is 0 Å². The number of rotatable bonds is 2. The van der Waals surface area contributed by atoms with E-state index in [9.17, 15) is 4.79 Å². The Morgan fingerprint density at radius 2 is 2.21 bits per heavy atom. The predicted octanol–water partition coefficient (Wildman–Crippen LogP) is 1.81. The lowest BCUT2D eigenvalue weighted by atomic mass is 10.2. The standard InChI is InChI=1S/C11H12N2O/c1-2-7-13-10-5-6-12-8-9(10)3-4-11(13)14/h3-6,8H,2,7H2,1H3. The zero-order valence-corrected chi connectivity index (χ0v) is 8.10. The van der Waals surface area contributed by atoms with Crippen molar-refractivity contribution in [1.29, 1.82) is 0 Å². The summed E-state index contributed by atoms with van der Waals surface area (Å²) in [7, 11) is 0. The van der Waals surface area contributed by atoms with Crippen molar-refractivity contribution in [2.45, 2.75) is 19.9 Å². The molecule has 2 aromatic rings. The molecule has 0 unspecified atom stereocenters. The Kier molecular flexibility index (Phi) is 2.31. The van der Waals surface area contributed by atoms with E-state index >= 15 is 0 Å². The zero-order chi connectivity index (χ0) is 9.97. The molecule has 72 valence electrons. The van der Waals surface area contributed by atoms with Crippen LogP contribution in [0.1, 0.15) is 13.3 Å². The third kappa shape index (κ3) is 1.41. The normalized spacial score (nSPS) is 10.6. The topological polar surface area (TPSA) is 34.9 Å². The molecular formula is C11H12N2O. The van der Waals surface area contributed by atoms with Gasteiger partial charge in [-0.1, -0.05) is 6.92 Å². The first-order valence-electron chi connectivity index (χ1n) is 4.76. The summed E-state index contributed by atoms with van der Waals surface area (Å²) in [5.41, 5.74) is 1.03. The first-order chi connectivity index (χ1) is 6.83. The van der Waals surface area contributed by atoms with E-state index in [1.54, 1.807) is 23.0 Å². The molecule has 2 rings (SSSR count). The number of aryl methyl sites for hydroxylation is 1. The lowest BCUT2D eigenvalue weighted by Gasteiger charge is -2.07. The summed E-state index contributed by atoms with van der Waals surface area (Å²) in [4.78, 5) is 15.6. The van der Waals surface area contributed by atoms with Gasteiger partial charge in [0.25, 0.3) is 5.56 Å². The van der Waals surface area contributed by atoms with Crippen molar-refractivity contribution in [2.24, 2.45) is 0 Å². The van der Waals surface area contributed by atoms with Gasteiger partial charge < -0.3 is 4.57 Å². The van der Waals surface area contributed by atoms with Gasteiger partial charge in [0.2, 0.25) is 0 Å². The maximum absolute atomic E-state index is 11.6. The number of hydrogen-bond donors (Lipinski definition) is 0. The summed E-state index contributed by atoms with van der Waals surface area (Å²) < 4.78 is 1.79. The van der Waals surface area contributed by atoms with Gasteiger partial charge in [-0.25, -0.2) is 0 Å². The highest BCUT2D eigenvalue weighted by Crippen LogP contribution is 2.09. The van der Waals surface area contributed by atoms with Crippen LogP contribution in [0.4, 0.5) is 0 Å². The van der Waals surface area contributed by atoms with Crippen LogP contribution in [0.3, 0.4) is 0 Å². The van der Waals surface area contributed by atoms with E-state index in [1.807, 2.05) is 12.1 Å². The molecule has 3 heteroatoms. The third-order valence-electron chi connectivity index (χ3n) is 2.24. The molecular weight excluding hydrogens is 176 g/mol. The molecule has 0 fully saturated rings. The lowest BCUT2D eigenvalue weighted by molar-refractivity contribution is 0.678. The Morgan fingerprint density at radius 3 is 3.00 bits per heavy atom. The van der Waals surface area contributed by atoms with E-state index in [0.717, 1.165) is 23.9 Å². The van der Waals surface area contributed by atoms with Crippen LogP contribution in [0.25, 0.3) is 10.9 Å². The fourth-order valence-corrected chi connectivity index (χ4v) is 1.60. The number of aromatic nitrogens is 2. The number of pyridine rings is 2. The molecule has 0 saturated carbocycles. The molecule has 3 nitrogen and oxygen atoms in total. The van der Waals surface area contributed by atoms with Gasteiger partial charge in [0.15, 0.2) is 0 Å². The molecule has 0 atom stereocenters. The summed E-state index contributed by atoms with van der Waals surface area (Å²) in [5.74, 6) is 0. The van der Waals surface area contributed by atoms with Gasteiger partial charge in [-0.2, -0.15) is 0 Å². The van der Waals surface area contributed by atoms with Crippen molar-refractivity contribution in [1.82, 2.24) is 9.55 Å². The summed E-state index contributed by atoms with van der Waals surface area (Å²) in [6, 6.07) is 5.29. The molecule has 0 aromatic carbocycles. The van der Waals surface area contributed by atoms with Crippen LogP contribution in [-0.2, 0) is 6.54 Å². The van der Waals surface area contributed by atoms with Crippen LogP contribution in [0.2, 0.25) is 0 Å². The Hall–Kier alpha value is -1.64. The highest BCUT2D eigenvalue weighted by atomic mass is 16.1. The summed E-state index contributed by atoms with van der Waals surface area (Å²) in [6.07, 6.45) is 4.45. The van der Waals surface area contributed by atoms with Crippen molar-refractivity contribution < 1.29 is 0 Å². The van der Waals surface area contributed by atoms with E-state index in [1.165, 1.54) is 0 Å². The minimum absolute atomic E-state index is 0.0607. The molecule has 0 aliphatic carbocycles. The van der Waals surface area contributed by atoms with E-state index < -0.39 is 0 Å². The van der Waals surface area contributed by atoms with Crippen molar-refractivity contribution in [3.63, 3.8) is 0 Å². The summed E-state index contributed by atoms with van der Waals surface area (Å²) in [5, 5.41) is 1.01. The van der Waals surface area contributed by atoms with Gasteiger partial charge in [-0.15, -0.1) is 0 Å². The van der Waals surface area contributed by atoms with Crippen molar-refractivity contribution in [3.05, 3.63) is 40.9 Å². The molecule has 0 radical (unpaired) electrons. The maximum atomic E-state index is 11.6. The van der Waals surface area contributed by atoms with Crippen LogP contribution < -0.4 is 5.56 Å². The fourth-order valence-electron chi connectivity index (χ4n) is 1.60. The zero-order valence-electron chi connectivity index (χ0n) is 8.10. The summed E-state index contributed by atoms with van der Waals surface area (Å²) in [6.45, 7) is 2.83. The quantitative estimate of drug-likeness (QED) is 0.720. The number of fused-ring (bicyclic) bond motifs is 1. The van der Waals surface area contributed by atoms with E-state index in [2.05, 4.69) is 11.9 Å². The molecule has 2 heterocycles.